The fourth-order valence-corrected chi connectivity index (χ4v) is 4.05. The van der Waals surface area contributed by atoms with Gasteiger partial charge in [0.2, 0.25) is 0 Å². The topological polar surface area (TPSA) is 44.8 Å². The lowest BCUT2D eigenvalue weighted by Crippen LogP contribution is -2.51. The zero-order valence-corrected chi connectivity index (χ0v) is 15.6. The SMILES string of the molecule is CC1CN(CC2CCCN2C(=O)Nc2ccccc2C(F)(F)F)CC(C)O1. The molecule has 0 radical (unpaired) electrons. The van der Waals surface area contributed by atoms with Crippen LogP contribution < -0.4 is 5.32 Å². The van der Waals surface area contributed by atoms with Gasteiger partial charge in [-0.05, 0) is 38.8 Å². The molecule has 5 nitrogen and oxygen atoms in total. The molecule has 0 saturated carbocycles. The monoisotopic (exact) mass is 385 g/mol. The molecular weight excluding hydrogens is 359 g/mol. The zero-order valence-electron chi connectivity index (χ0n) is 15.6. The number of halogens is 3. The molecule has 150 valence electrons. The van der Waals surface area contributed by atoms with Gasteiger partial charge < -0.3 is 15.0 Å². The Morgan fingerprint density at radius 3 is 2.56 bits per heavy atom. The van der Waals surface area contributed by atoms with Gasteiger partial charge in [-0.3, -0.25) is 4.90 Å². The van der Waals surface area contributed by atoms with Crippen LogP contribution in [-0.2, 0) is 10.9 Å². The molecule has 8 heteroatoms. The Morgan fingerprint density at radius 2 is 1.89 bits per heavy atom. The molecule has 2 aliphatic heterocycles. The van der Waals surface area contributed by atoms with Crippen molar-refractivity contribution >= 4 is 11.7 Å². The van der Waals surface area contributed by atoms with Gasteiger partial charge in [0.05, 0.1) is 23.5 Å². The number of hydrogen-bond acceptors (Lipinski definition) is 3. The second-order valence-corrected chi connectivity index (χ2v) is 7.44. The first-order valence-corrected chi connectivity index (χ1v) is 9.35. The van der Waals surface area contributed by atoms with Crippen LogP contribution in [0.4, 0.5) is 23.7 Å². The molecule has 3 rings (SSSR count). The molecule has 1 aromatic rings. The van der Waals surface area contributed by atoms with E-state index in [1.807, 2.05) is 13.8 Å². The van der Waals surface area contributed by atoms with Crippen LogP contribution in [-0.4, -0.2) is 60.3 Å². The third-order valence-corrected chi connectivity index (χ3v) is 5.08. The summed E-state index contributed by atoms with van der Waals surface area (Å²) < 4.78 is 45.2. The average molecular weight is 385 g/mol. The van der Waals surface area contributed by atoms with Crippen molar-refractivity contribution in [3.8, 4) is 0 Å². The molecule has 2 saturated heterocycles. The highest BCUT2D eigenvalue weighted by Gasteiger charge is 2.36. The molecule has 2 amide bonds. The number of hydrogen-bond donors (Lipinski definition) is 1. The Kier molecular flexibility index (Phi) is 5.95. The lowest BCUT2D eigenvalue weighted by Gasteiger charge is -2.38. The number of morpholine rings is 1. The van der Waals surface area contributed by atoms with E-state index in [1.54, 1.807) is 4.90 Å². The maximum absolute atomic E-state index is 13.2. The highest BCUT2D eigenvalue weighted by atomic mass is 19.4. The number of alkyl halides is 3. The number of amides is 2. The van der Waals surface area contributed by atoms with Gasteiger partial charge in [0.15, 0.2) is 0 Å². The van der Waals surface area contributed by atoms with Crippen LogP contribution in [0.25, 0.3) is 0 Å². The van der Waals surface area contributed by atoms with Crippen molar-refractivity contribution in [3.05, 3.63) is 29.8 Å². The zero-order chi connectivity index (χ0) is 19.6. The smallest absolute Gasteiger partial charge is 0.373 e. The molecule has 0 spiro atoms. The fraction of sp³-hybridized carbons (Fsp3) is 0.632. The van der Waals surface area contributed by atoms with Gasteiger partial charge in [0.1, 0.15) is 0 Å². The van der Waals surface area contributed by atoms with E-state index < -0.39 is 17.8 Å². The van der Waals surface area contributed by atoms with Gasteiger partial charge in [-0.15, -0.1) is 0 Å². The number of likely N-dealkylation sites (tertiary alicyclic amines) is 1. The van der Waals surface area contributed by atoms with Crippen molar-refractivity contribution in [1.82, 2.24) is 9.80 Å². The maximum Gasteiger partial charge on any atom is 0.418 e. The Morgan fingerprint density at radius 1 is 1.22 bits per heavy atom. The highest BCUT2D eigenvalue weighted by molar-refractivity contribution is 5.90. The number of carbonyl (C=O) groups is 1. The summed E-state index contributed by atoms with van der Waals surface area (Å²) in [5.41, 5.74) is -1.03. The van der Waals surface area contributed by atoms with Crippen molar-refractivity contribution < 1.29 is 22.7 Å². The summed E-state index contributed by atoms with van der Waals surface area (Å²) in [6, 6.07) is 4.61. The first-order chi connectivity index (χ1) is 12.7. The van der Waals surface area contributed by atoms with E-state index in [0.717, 1.165) is 32.0 Å². The van der Waals surface area contributed by atoms with Gasteiger partial charge in [-0.1, -0.05) is 12.1 Å². The van der Waals surface area contributed by atoms with Gasteiger partial charge in [0.25, 0.3) is 0 Å². The highest BCUT2D eigenvalue weighted by Crippen LogP contribution is 2.35. The predicted molar refractivity (Wildman–Crippen MR) is 96.6 cm³/mol. The standard InChI is InChI=1S/C19H26F3N3O2/c1-13-10-24(11-14(2)27-13)12-15-6-5-9-25(15)18(26)23-17-8-4-3-7-16(17)19(20,21)22/h3-4,7-8,13-15H,5-6,9-12H2,1-2H3,(H,23,26). The molecule has 0 aromatic heterocycles. The minimum absolute atomic E-state index is 0.000508. The molecule has 1 N–H and O–H groups in total. The van der Waals surface area contributed by atoms with E-state index in [1.165, 1.54) is 18.2 Å². The summed E-state index contributed by atoms with van der Waals surface area (Å²) >= 11 is 0. The minimum atomic E-state index is -4.51. The number of nitrogens with zero attached hydrogens (tertiary/aromatic N) is 2. The molecule has 3 unspecified atom stereocenters. The molecule has 1 aromatic carbocycles. The molecule has 0 bridgehead atoms. The number of benzene rings is 1. The largest absolute Gasteiger partial charge is 0.418 e. The normalized spacial score (nSPS) is 27.0. The van der Waals surface area contributed by atoms with Crippen molar-refractivity contribution in [1.29, 1.82) is 0 Å². The molecule has 2 fully saturated rings. The molecular formula is C19H26F3N3O2. The van der Waals surface area contributed by atoms with Crippen LogP contribution in [0.1, 0.15) is 32.3 Å². The number of para-hydroxylation sites is 1. The number of nitrogens with one attached hydrogen (secondary N) is 1. The molecule has 2 aliphatic rings. The number of urea groups is 1. The van der Waals surface area contributed by atoms with Gasteiger partial charge >= 0.3 is 12.2 Å². The molecule has 0 aliphatic carbocycles. The van der Waals surface area contributed by atoms with Crippen LogP contribution in [0.2, 0.25) is 0 Å². The van der Waals surface area contributed by atoms with Crippen molar-refractivity contribution in [2.75, 3.05) is 31.5 Å². The summed E-state index contributed by atoms with van der Waals surface area (Å²) in [5.74, 6) is 0. The molecule has 2 heterocycles. The number of rotatable bonds is 3. The van der Waals surface area contributed by atoms with Gasteiger partial charge in [-0.25, -0.2) is 4.79 Å². The van der Waals surface area contributed by atoms with Crippen molar-refractivity contribution in [3.63, 3.8) is 0 Å². The van der Waals surface area contributed by atoms with Crippen molar-refractivity contribution in [2.45, 2.75) is 51.1 Å². The predicted octanol–water partition coefficient (Wildman–Crippen LogP) is 3.81. The minimum Gasteiger partial charge on any atom is -0.373 e. The van der Waals surface area contributed by atoms with Crippen LogP contribution in [0.3, 0.4) is 0 Å². The number of anilines is 1. The van der Waals surface area contributed by atoms with E-state index in [2.05, 4.69) is 10.2 Å². The maximum atomic E-state index is 13.2. The van der Waals surface area contributed by atoms with E-state index in [0.29, 0.717) is 13.1 Å². The van der Waals surface area contributed by atoms with Gasteiger partial charge in [0, 0.05) is 32.2 Å². The summed E-state index contributed by atoms with van der Waals surface area (Å²) in [6.45, 7) is 6.92. The second kappa shape index (κ2) is 8.06. The van der Waals surface area contributed by atoms with Crippen LogP contribution in [0, 0.1) is 0 Å². The molecule has 3 atom stereocenters. The lowest BCUT2D eigenvalue weighted by atomic mass is 10.1. The summed E-state index contributed by atoms with van der Waals surface area (Å²) in [6.07, 6.45) is -2.52. The Bertz CT molecular complexity index is 658. The Labute approximate surface area is 157 Å². The third kappa shape index (κ3) is 4.93. The van der Waals surface area contributed by atoms with Crippen LogP contribution in [0.5, 0.6) is 0 Å². The van der Waals surface area contributed by atoms with E-state index in [9.17, 15) is 18.0 Å². The van der Waals surface area contributed by atoms with Gasteiger partial charge in [-0.2, -0.15) is 13.2 Å². The number of ether oxygens (including phenoxy) is 1. The van der Waals surface area contributed by atoms with Crippen molar-refractivity contribution in [2.24, 2.45) is 0 Å². The average Bonchev–Trinajstić information content (AvgIpc) is 3.01. The number of carbonyl (C=O) groups excluding carboxylic acids is 1. The quantitative estimate of drug-likeness (QED) is 0.861. The Hall–Kier alpha value is -1.80. The summed E-state index contributed by atoms with van der Waals surface area (Å²) in [4.78, 5) is 16.6. The molecule has 27 heavy (non-hydrogen) atoms. The summed E-state index contributed by atoms with van der Waals surface area (Å²) in [7, 11) is 0. The third-order valence-electron chi connectivity index (χ3n) is 5.08. The summed E-state index contributed by atoms with van der Waals surface area (Å²) in [5, 5.41) is 2.47. The Balaban J connectivity index is 1.66. The fourth-order valence-electron chi connectivity index (χ4n) is 4.05. The first kappa shape index (κ1) is 19.9. The van der Waals surface area contributed by atoms with E-state index in [4.69, 9.17) is 4.74 Å². The lowest BCUT2D eigenvalue weighted by molar-refractivity contribution is -0.136. The van der Waals surface area contributed by atoms with Crippen LogP contribution in [0.15, 0.2) is 24.3 Å². The second-order valence-electron chi connectivity index (χ2n) is 7.44. The van der Waals surface area contributed by atoms with E-state index in [-0.39, 0.29) is 23.9 Å². The van der Waals surface area contributed by atoms with E-state index >= 15 is 0 Å². The van der Waals surface area contributed by atoms with Crippen LogP contribution >= 0.6 is 0 Å². The first-order valence-electron chi connectivity index (χ1n) is 9.35.